The van der Waals surface area contributed by atoms with Crippen molar-refractivity contribution >= 4 is 11.8 Å². The van der Waals surface area contributed by atoms with E-state index in [2.05, 4.69) is 0 Å². The summed E-state index contributed by atoms with van der Waals surface area (Å²) in [7, 11) is 0. The number of benzene rings is 1. The first-order valence-electron chi connectivity index (χ1n) is 4.83. The fraction of sp³-hybridized carbons (Fsp3) is 0.455. The van der Waals surface area contributed by atoms with E-state index in [1.807, 2.05) is 6.07 Å². The first kappa shape index (κ1) is 9.99. The highest BCUT2D eigenvalue weighted by atomic mass is 32.2. The van der Waals surface area contributed by atoms with Crippen LogP contribution in [0, 0.1) is 11.7 Å². The Hall–Kier alpha value is -0.540. The third kappa shape index (κ3) is 2.49. The molecule has 76 valence electrons. The third-order valence-corrected chi connectivity index (χ3v) is 3.56. The Balaban J connectivity index is 1.87. The van der Waals surface area contributed by atoms with Crippen LogP contribution in [0.15, 0.2) is 29.2 Å². The molecule has 1 aliphatic rings. The maximum atomic E-state index is 13.2. The van der Waals surface area contributed by atoms with E-state index >= 15 is 0 Å². The number of halogens is 1. The summed E-state index contributed by atoms with van der Waals surface area (Å²) >= 11 is 1.40. The Morgan fingerprint density at radius 1 is 1.43 bits per heavy atom. The number of aliphatic hydroxyl groups is 1. The minimum absolute atomic E-state index is 0.194. The predicted octanol–water partition coefficient (Wildman–Crippen LogP) is 2.69. The molecular weight excluding hydrogens is 199 g/mol. The van der Waals surface area contributed by atoms with Gasteiger partial charge in [-0.1, -0.05) is 12.1 Å². The molecule has 1 unspecified atom stereocenters. The van der Waals surface area contributed by atoms with Crippen LogP contribution >= 0.6 is 11.8 Å². The van der Waals surface area contributed by atoms with Crippen LogP contribution in [0.2, 0.25) is 0 Å². The van der Waals surface area contributed by atoms with Crippen LogP contribution in [-0.4, -0.2) is 17.0 Å². The molecule has 0 aliphatic heterocycles. The first-order chi connectivity index (χ1) is 6.77. The molecule has 1 N–H and O–H groups in total. The molecular formula is C11H13FOS. The smallest absolute Gasteiger partial charge is 0.136 e. The summed E-state index contributed by atoms with van der Waals surface area (Å²) in [5, 5.41) is 9.60. The Morgan fingerprint density at radius 3 is 2.79 bits per heavy atom. The lowest BCUT2D eigenvalue weighted by Gasteiger charge is -2.08. The number of thioether (sulfide) groups is 1. The van der Waals surface area contributed by atoms with E-state index in [1.165, 1.54) is 17.8 Å². The summed E-state index contributed by atoms with van der Waals surface area (Å²) in [4.78, 5) is 0.632. The van der Waals surface area contributed by atoms with Crippen LogP contribution < -0.4 is 0 Å². The van der Waals surface area contributed by atoms with Gasteiger partial charge in [0.25, 0.3) is 0 Å². The molecule has 3 heteroatoms. The SMILES string of the molecule is OC(CSc1ccccc1F)C1CC1. The van der Waals surface area contributed by atoms with Crippen LogP contribution in [0.4, 0.5) is 4.39 Å². The zero-order valence-corrected chi connectivity index (χ0v) is 8.64. The normalized spacial score (nSPS) is 18.1. The first-order valence-corrected chi connectivity index (χ1v) is 5.81. The van der Waals surface area contributed by atoms with Gasteiger partial charge in [-0.15, -0.1) is 11.8 Å². The van der Waals surface area contributed by atoms with Gasteiger partial charge in [0.05, 0.1) is 6.10 Å². The minimum atomic E-state index is -0.264. The van der Waals surface area contributed by atoms with E-state index in [1.54, 1.807) is 12.1 Å². The molecule has 0 spiro atoms. The predicted molar refractivity (Wildman–Crippen MR) is 55.9 cm³/mol. The van der Waals surface area contributed by atoms with Crippen molar-refractivity contribution in [2.75, 3.05) is 5.75 Å². The highest BCUT2D eigenvalue weighted by molar-refractivity contribution is 7.99. The summed E-state index contributed by atoms with van der Waals surface area (Å²) in [6, 6.07) is 6.69. The molecule has 0 aromatic heterocycles. The van der Waals surface area contributed by atoms with E-state index < -0.39 is 0 Å². The van der Waals surface area contributed by atoms with Crippen molar-refractivity contribution in [2.24, 2.45) is 5.92 Å². The van der Waals surface area contributed by atoms with E-state index in [9.17, 15) is 9.50 Å². The lowest BCUT2D eigenvalue weighted by atomic mass is 10.3. The average Bonchev–Trinajstić information content (AvgIpc) is 2.99. The Kier molecular flexibility index (Phi) is 3.08. The molecule has 14 heavy (non-hydrogen) atoms. The van der Waals surface area contributed by atoms with Crippen molar-refractivity contribution in [3.63, 3.8) is 0 Å². The van der Waals surface area contributed by atoms with Crippen molar-refractivity contribution in [1.82, 2.24) is 0 Å². The number of hydrogen-bond acceptors (Lipinski definition) is 2. The minimum Gasteiger partial charge on any atom is -0.392 e. The highest BCUT2D eigenvalue weighted by Gasteiger charge is 2.29. The maximum Gasteiger partial charge on any atom is 0.136 e. The van der Waals surface area contributed by atoms with Gasteiger partial charge < -0.3 is 5.11 Å². The van der Waals surface area contributed by atoms with Crippen LogP contribution in [0.3, 0.4) is 0 Å². The van der Waals surface area contributed by atoms with E-state index in [0.717, 1.165) is 12.8 Å². The summed E-state index contributed by atoms with van der Waals surface area (Å²) in [6.07, 6.45) is 1.98. The fourth-order valence-electron chi connectivity index (χ4n) is 1.35. The quantitative estimate of drug-likeness (QED) is 0.774. The third-order valence-electron chi connectivity index (χ3n) is 2.41. The van der Waals surface area contributed by atoms with Crippen molar-refractivity contribution in [3.05, 3.63) is 30.1 Å². The van der Waals surface area contributed by atoms with Gasteiger partial charge >= 0.3 is 0 Å². The Bertz CT molecular complexity index is 312. The molecule has 1 aromatic carbocycles. The summed E-state index contributed by atoms with van der Waals surface area (Å²) in [5.41, 5.74) is 0. The second-order valence-corrected chi connectivity index (χ2v) is 4.71. The molecule has 0 heterocycles. The second-order valence-electron chi connectivity index (χ2n) is 3.65. The van der Waals surface area contributed by atoms with Crippen molar-refractivity contribution in [2.45, 2.75) is 23.8 Å². The number of aliphatic hydroxyl groups excluding tert-OH is 1. The molecule has 1 aliphatic carbocycles. The summed E-state index contributed by atoms with van der Waals surface area (Å²) in [5.74, 6) is 0.876. The number of rotatable bonds is 4. The zero-order chi connectivity index (χ0) is 9.97. The maximum absolute atomic E-state index is 13.2. The van der Waals surface area contributed by atoms with Crippen LogP contribution in [0.1, 0.15) is 12.8 Å². The van der Waals surface area contributed by atoms with Crippen molar-refractivity contribution in [3.8, 4) is 0 Å². The van der Waals surface area contributed by atoms with Gasteiger partial charge in [0.15, 0.2) is 0 Å². The van der Waals surface area contributed by atoms with Gasteiger partial charge in [0.1, 0.15) is 5.82 Å². The van der Waals surface area contributed by atoms with Crippen molar-refractivity contribution in [1.29, 1.82) is 0 Å². The molecule has 0 bridgehead atoms. The second kappa shape index (κ2) is 4.32. The van der Waals surface area contributed by atoms with Crippen LogP contribution in [0.25, 0.3) is 0 Å². The van der Waals surface area contributed by atoms with Crippen molar-refractivity contribution < 1.29 is 9.50 Å². The van der Waals surface area contributed by atoms with Gasteiger partial charge in [-0.2, -0.15) is 0 Å². The molecule has 1 saturated carbocycles. The van der Waals surface area contributed by atoms with Gasteiger partial charge in [0.2, 0.25) is 0 Å². The standard InChI is InChI=1S/C11H13FOS/c12-9-3-1-2-4-11(9)14-7-10(13)8-5-6-8/h1-4,8,10,13H,5-7H2. The van der Waals surface area contributed by atoms with Gasteiger partial charge in [0, 0.05) is 10.6 Å². The average molecular weight is 212 g/mol. The van der Waals surface area contributed by atoms with Gasteiger partial charge in [-0.3, -0.25) is 0 Å². The van der Waals surface area contributed by atoms with Gasteiger partial charge in [-0.25, -0.2) is 4.39 Å². The summed E-state index contributed by atoms with van der Waals surface area (Å²) in [6.45, 7) is 0. The topological polar surface area (TPSA) is 20.2 Å². The van der Waals surface area contributed by atoms with Gasteiger partial charge in [-0.05, 0) is 30.9 Å². The molecule has 1 fully saturated rings. The zero-order valence-electron chi connectivity index (χ0n) is 7.82. The monoisotopic (exact) mass is 212 g/mol. The largest absolute Gasteiger partial charge is 0.392 e. The van der Waals surface area contributed by atoms with Crippen LogP contribution in [-0.2, 0) is 0 Å². The van der Waals surface area contributed by atoms with Crippen LogP contribution in [0.5, 0.6) is 0 Å². The lowest BCUT2D eigenvalue weighted by molar-refractivity contribution is 0.176. The molecule has 1 atom stereocenters. The number of hydrogen-bond donors (Lipinski definition) is 1. The molecule has 2 rings (SSSR count). The summed E-state index contributed by atoms with van der Waals surface area (Å²) < 4.78 is 13.2. The molecule has 0 amide bonds. The van der Waals surface area contributed by atoms with E-state index in [4.69, 9.17) is 0 Å². The molecule has 1 aromatic rings. The van der Waals surface area contributed by atoms with E-state index in [-0.39, 0.29) is 11.9 Å². The Morgan fingerprint density at radius 2 is 2.14 bits per heavy atom. The Labute approximate surface area is 87.3 Å². The molecule has 0 saturated heterocycles. The fourth-order valence-corrected chi connectivity index (χ4v) is 2.36. The molecule has 1 nitrogen and oxygen atoms in total. The molecule has 0 radical (unpaired) electrons. The lowest BCUT2D eigenvalue weighted by Crippen LogP contribution is -2.12. The van der Waals surface area contributed by atoms with E-state index in [0.29, 0.717) is 16.6 Å². The highest BCUT2D eigenvalue weighted by Crippen LogP contribution is 2.35.